The maximum absolute atomic E-state index is 13.0. The third-order valence-electron chi connectivity index (χ3n) is 4.52. The lowest BCUT2D eigenvalue weighted by Gasteiger charge is -2.14. The maximum atomic E-state index is 13.0. The van der Waals surface area contributed by atoms with Crippen molar-refractivity contribution in [2.24, 2.45) is 0 Å². The predicted octanol–water partition coefficient (Wildman–Crippen LogP) is 4.75. The zero-order valence-corrected chi connectivity index (χ0v) is 19.4. The van der Waals surface area contributed by atoms with Gasteiger partial charge in [-0.05, 0) is 84.1 Å². The molecule has 0 bridgehead atoms. The van der Waals surface area contributed by atoms with Crippen molar-refractivity contribution in [1.29, 1.82) is 0 Å². The number of nitrogens with zero attached hydrogens (tertiary/aromatic N) is 2. The molecule has 4 aromatic rings. The Balaban J connectivity index is 1.81. The Kier molecular flexibility index (Phi) is 5.56. The average molecular weight is 552 g/mol. The minimum Gasteiger partial charge on any atom is -0.278 e. The third kappa shape index (κ3) is 3.94. The molecular formula is C21H15ClIN3O3S. The van der Waals surface area contributed by atoms with Gasteiger partial charge in [0.05, 0.1) is 32.2 Å². The molecule has 4 rings (SSSR count). The fourth-order valence-electron chi connectivity index (χ4n) is 3.10. The third-order valence-corrected chi connectivity index (χ3v) is 6.95. The zero-order valence-electron chi connectivity index (χ0n) is 15.6. The molecule has 0 amide bonds. The Bertz CT molecular complexity index is 1430. The number of rotatable bonds is 4. The van der Waals surface area contributed by atoms with Gasteiger partial charge in [0.25, 0.3) is 15.6 Å². The fraction of sp³-hybridized carbons (Fsp3) is 0.0476. The highest BCUT2D eigenvalue weighted by Gasteiger charge is 2.17. The second kappa shape index (κ2) is 8.01. The second-order valence-electron chi connectivity index (χ2n) is 6.54. The van der Waals surface area contributed by atoms with E-state index in [-0.39, 0.29) is 21.2 Å². The number of nitrogens with one attached hydrogen (secondary N) is 1. The minimum absolute atomic E-state index is 0.116. The van der Waals surface area contributed by atoms with Gasteiger partial charge < -0.3 is 0 Å². The molecule has 3 aromatic carbocycles. The lowest BCUT2D eigenvalue weighted by Crippen LogP contribution is -2.22. The monoisotopic (exact) mass is 551 g/mol. The number of aryl methyl sites for hydroxylation is 1. The van der Waals surface area contributed by atoms with Crippen molar-refractivity contribution in [3.63, 3.8) is 0 Å². The number of hydrogen-bond donors (Lipinski definition) is 1. The molecule has 0 atom stereocenters. The molecule has 1 aromatic heterocycles. The van der Waals surface area contributed by atoms with Crippen LogP contribution in [0.25, 0.3) is 16.6 Å². The van der Waals surface area contributed by atoms with Crippen LogP contribution in [0.15, 0.2) is 76.4 Å². The lowest BCUT2D eigenvalue weighted by molar-refractivity contribution is 0.601. The number of sulfonamides is 1. The summed E-state index contributed by atoms with van der Waals surface area (Å²) >= 11 is 8.35. The van der Waals surface area contributed by atoms with Crippen molar-refractivity contribution in [1.82, 2.24) is 9.55 Å². The first-order chi connectivity index (χ1) is 14.3. The van der Waals surface area contributed by atoms with E-state index in [4.69, 9.17) is 11.6 Å². The van der Waals surface area contributed by atoms with Crippen LogP contribution >= 0.6 is 34.2 Å². The molecule has 0 radical (unpaired) electrons. The van der Waals surface area contributed by atoms with E-state index in [1.807, 2.05) is 6.07 Å². The van der Waals surface area contributed by atoms with Gasteiger partial charge in [0.1, 0.15) is 5.82 Å². The predicted molar refractivity (Wildman–Crippen MR) is 127 cm³/mol. The maximum Gasteiger partial charge on any atom is 0.265 e. The summed E-state index contributed by atoms with van der Waals surface area (Å²) in [4.78, 5) is 17.6. The van der Waals surface area contributed by atoms with Gasteiger partial charge in [0, 0.05) is 3.57 Å². The Morgan fingerprint density at radius 3 is 2.47 bits per heavy atom. The molecule has 1 heterocycles. The highest BCUT2D eigenvalue weighted by Crippen LogP contribution is 2.28. The SMILES string of the molecule is Cc1nc2ccccc2c(=O)n1-c1ccc(Cl)c(NS(=O)(=O)c2ccc(I)cc2)c1. The van der Waals surface area contributed by atoms with Crippen LogP contribution in [0.5, 0.6) is 0 Å². The first-order valence-electron chi connectivity index (χ1n) is 8.83. The number of anilines is 1. The van der Waals surface area contributed by atoms with Gasteiger partial charge in [0.15, 0.2) is 0 Å². The summed E-state index contributed by atoms with van der Waals surface area (Å²) in [6.07, 6.45) is 0. The van der Waals surface area contributed by atoms with Gasteiger partial charge in [-0.25, -0.2) is 13.4 Å². The van der Waals surface area contributed by atoms with Crippen LogP contribution in [0.2, 0.25) is 5.02 Å². The number of benzene rings is 3. The van der Waals surface area contributed by atoms with Crippen LogP contribution in [0.4, 0.5) is 5.69 Å². The van der Waals surface area contributed by atoms with Crippen molar-refractivity contribution < 1.29 is 8.42 Å². The van der Waals surface area contributed by atoms with Gasteiger partial charge in [-0.15, -0.1) is 0 Å². The summed E-state index contributed by atoms with van der Waals surface area (Å²) in [5, 5.41) is 0.686. The number of fused-ring (bicyclic) bond motifs is 1. The first kappa shape index (κ1) is 20.8. The molecule has 0 aliphatic rings. The van der Waals surface area contributed by atoms with Crippen molar-refractivity contribution in [2.45, 2.75) is 11.8 Å². The van der Waals surface area contributed by atoms with E-state index in [0.29, 0.717) is 22.4 Å². The molecule has 0 fully saturated rings. The van der Waals surface area contributed by atoms with Gasteiger partial charge in [-0.2, -0.15) is 0 Å². The Hall–Kier alpha value is -2.43. The Morgan fingerprint density at radius 2 is 1.73 bits per heavy atom. The fourth-order valence-corrected chi connectivity index (χ4v) is 4.75. The van der Waals surface area contributed by atoms with E-state index >= 15 is 0 Å². The lowest BCUT2D eigenvalue weighted by atomic mass is 10.2. The molecule has 1 N–H and O–H groups in total. The van der Waals surface area contributed by atoms with Crippen LogP contribution in [-0.2, 0) is 10.0 Å². The van der Waals surface area contributed by atoms with E-state index in [1.165, 1.54) is 22.8 Å². The quantitative estimate of drug-likeness (QED) is 0.371. The van der Waals surface area contributed by atoms with Crippen molar-refractivity contribution in [2.75, 3.05) is 4.72 Å². The summed E-state index contributed by atoms with van der Waals surface area (Å²) in [6.45, 7) is 1.72. The van der Waals surface area contributed by atoms with Gasteiger partial charge >= 0.3 is 0 Å². The van der Waals surface area contributed by atoms with Crippen LogP contribution in [0, 0.1) is 10.5 Å². The second-order valence-corrected chi connectivity index (χ2v) is 9.88. The number of aromatic nitrogens is 2. The molecule has 30 heavy (non-hydrogen) atoms. The topological polar surface area (TPSA) is 81.1 Å². The largest absolute Gasteiger partial charge is 0.278 e. The van der Waals surface area contributed by atoms with Gasteiger partial charge in [0.2, 0.25) is 0 Å². The van der Waals surface area contributed by atoms with Crippen LogP contribution in [0.3, 0.4) is 0 Å². The normalized spacial score (nSPS) is 11.6. The Morgan fingerprint density at radius 1 is 1.03 bits per heavy atom. The molecule has 0 saturated carbocycles. The molecule has 0 spiro atoms. The number of halogens is 2. The molecule has 152 valence electrons. The van der Waals surface area contributed by atoms with Gasteiger partial charge in [-0.3, -0.25) is 14.1 Å². The summed E-state index contributed by atoms with van der Waals surface area (Å²) in [5.74, 6) is 0.479. The molecule has 0 aliphatic carbocycles. The molecule has 9 heteroatoms. The van der Waals surface area contributed by atoms with E-state index in [1.54, 1.807) is 49.4 Å². The molecule has 0 aliphatic heterocycles. The summed E-state index contributed by atoms with van der Waals surface area (Å²) < 4.78 is 30.4. The highest BCUT2D eigenvalue weighted by molar-refractivity contribution is 14.1. The van der Waals surface area contributed by atoms with Gasteiger partial charge in [-0.1, -0.05) is 23.7 Å². The van der Waals surface area contributed by atoms with E-state index < -0.39 is 10.0 Å². The highest BCUT2D eigenvalue weighted by atomic mass is 127. The van der Waals surface area contributed by atoms with E-state index in [2.05, 4.69) is 32.3 Å². The molecule has 0 saturated heterocycles. The first-order valence-corrected chi connectivity index (χ1v) is 11.8. The van der Waals surface area contributed by atoms with Crippen LogP contribution < -0.4 is 10.3 Å². The van der Waals surface area contributed by atoms with Crippen LogP contribution in [-0.4, -0.2) is 18.0 Å². The number of hydrogen-bond acceptors (Lipinski definition) is 4. The molecule has 6 nitrogen and oxygen atoms in total. The number of para-hydroxylation sites is 1. The van der Waals surface area contributed by atoms with Crippen molar-refractivity contribution >= 4 is 60.8 Å². The standard InChI is InChI=1S/C21H15ClIN3O3S/c1-13-24-19-5-3-2-4-17(19)21(27)26(13)15-8-11-18(22)20(12-15)25-30(28,29)16-9-6-14(23)7-10-16/h2-12,25H,1H3. The van der Waals surface area contributed by atoms with Crippen LogP contribution in [0.1, 0.15) is 5.82 Å². The molecular weight excluding hydrogens is 537 g/mol. The molecule has 0 unspecified atom stereocenters. The summed E-state index contributed by atoms with van der Waals surface area (Å²) in [5.41, 5.74) is 0.990. The zero-order chi connectivity index (χ0) is 21.5. The Labute approximate surface area is 191 Å². The minimum atomic E-state index is -3.85. The average Bonchev–Trinajstić information content (AvgIpc) is 2.70. The van der Waals surface area contributed by atoms with Crippen molar-refractivity contribution in [3.8, 4) is 5.69 Å². The summed E-state index contributed by atoms with van der Waals surface area (Å²) in [6, 6.07) is 18.2. The summed E-state index contributed by atoms with van der Waals surface area (Å²) in [7, 11) is -3.85. The van der Waals surface area contributed by atoms with Crippen molar-refractivity contribution in [3.05, 3.63) is 91.5 Å². The van der Waals surface area contributed by atoms with E-state index in [9.17, 15) is 13.2 Å². The smallest absolute Gasteiger partial charge is 0.265 e. The van der Waals surface area contributed by atoms with E-state index in [0.717, 1.165) is 3.57 Å².